The minimum absolute atomic E-state index is 0.0330. The van der Waals surface area contributed by atoms with Gasteiger partial charge in [0.1, 0.15) is 23.3 Å². The van der Waals surface area contributed by atoms with Gasteiger partial charge in [0.25, 0.3) is 10.0 Å². The molecule has 1 heterocycles. The van der Waals surface area contributed by atoms with Gasteiger partial charge in [0.15, 0.2) is 0 Å². The number of aromatic nitrogens is 1. The van der Waals surface area contributed by atoms with Crippen LogP contribution in [-0.4, -0.2) is 19.2 Å². The van der Waals surface area contributed by atoms with Crippen molar-refractivity contribution >= 4 is 27.4 Å². The van der Waals surface area contributed by atoms with Gasteiger partial charge in [0, 0.05) is 6.07 Å². The number of halogens is 2. The standard InChI is InChI=1S/C12H11F2N5O2S/c13-6-1-7(14)3-9(2-6)22(20,21)19-8-4-10(11(15)16)12(17)18-5-8/h1-5,19H,(H3,15,16)(H2,17,18). The largest absolute Gasteiger partial charge is 0.384 e. The van der Waals surface area contributed by atoms with Crippen LogP contribution in [0.1, 0.15) is 5.56 Å². The molecule has 0 amide bonds. The summed E-state index contributed by atoms with van der Waals surface area (Å²) in [4.78, 5) is 3.10. The molecule has 6 N–H and O–H groups in total. The zero-order chi connectivity index (χ0) is 16.5. The number of sulfonamides is 1. The van der Waals surface area contributed by atoms with Gasteiger partial charge in [-0.25, -0.2) is 22.2 Å². The Morgan fingerprint density at radius 3 is 2.32 bits per heavy atom. The Labute approximate surface area is 124 Å². The van der Waals surface area contributed by atoms with Crippen LogP contribution in [0, 0.1) is 17.0 Å². The van der Waals surface area contributed by atoms with Crippen molar-refractivity contribution in [3.63, 3.8) is 0 Å². The second-order valence-electron chi connectivity index (χ2n) is 4.28. The van der Waals surface area contributed by atoms with Gasteiger partial charge >= 0.3 is 0 Å². The normalized spacial score (nSPS) is 11.2. The molecule has 10 heteroatoms. The Balaban J connectivity index is 2.41. The smallest absolute Gasteiger partial charge is 0.262 e. The van der Waals surface area contributed by atoms with Crippen LogP contribution >= 0.6 is 0 Å². The van der Waals surface area contributed by atoms with Crippen LogP contribution in [0.3, 0.4) is 0 Å². The lowest BCUT2D eigenvalue weighted by Crippen LogP contribution is -2.17. The highest BCUT2D eigenvalue weighted by Gasteiger charge is 2.18. The van der Waals surface area contributed by atoms with Crippen LogP contribution < -0.4 is 16.2 Å². The van der Waals surface area contributed by atoms with E-state index in [1.807, 2.05) is 0 Å². The molecular formula is C12H11F2N5O2S. The summed E-state index contributed by atoms with van der Waals surface area (Å²) in [6.45, 7) is 0. The molecule has 0 atom stereocenters. The lowest BCUT2D eigenvalue weighted by atomic mass is 10.2. The fourth-order valence-electron chi connectivity index (χ4n) is 1.64. The minimum Gasteiger partial charge on any atom is -0.384 e. The lowest BCUT2D eigenvalue weighted by molar-refractivity contribution is 0.568. The number of nitrogens with one attached hydrogen (secondary N) is 2. The van der Waals surface area contributed by atoms with Crippen molar-refractivity contribution in [1.29, 1.82) is 5.41 Å². The second-order valence-corrected chi connectivity index (χ2v) is 5.96. The highest BCUT2D eigenvalue weighted by molar-refractivity contribution is 7.92. The Bertz CT molecular complexity index is 834. The molecule has 2 aromatic rings. The maximum Gasteiger partial charge on any atom is 0.262 e. The van der Waals surface area contributed by atoms with Gasteiger partial charge in [-0.3, -0.25) is 10.1 Å². The van der Waals surface area contributed by atoms with Crippen LogP contribution in [0.5, 0.6) is 0 Å². The molecule has 0 unspecified atom stereocenters. The maximum absolute atomic E-state index is 13.1. The van der Waals surface area contributed by atoms with Gasteiger partial charge in [-0.15, -0.1) is 0 Å². The fraction of sp³-hybridized carbons (Fsp3) is 0. The van der Waals surface area contributed by atoms with Gasteiger partial charge < -0.3 is 11.5 Å². The molecule has 2 rings (SSSR count). The van der Waals surface area contributed by atoms with Crippen molar-refractivity contribution in [2.75, 3.05) is 10.5 Å². The molecule has 0 fully saturated rings. The number of anilines is 2. The number of amidine groups is 1. The number of rotatable bonds is 4. The Morgan fingerprint density at radius 2 is 1.77 bits per heavy atom. The van der Waals surface area contributed by atoms with E-state index in [9.17, 15) is 17.2 Å². The Morgan fingerprint density at radius 1 is 1.18 bits per heavy atom. The number of nitrogens with two attached hydrogens (primary N) is 2. The van der Waals surface area contributed by atoms with Crippen molar-refractivity contribution in [1.82, 2.24) is 4.98 Å². The second kappa shape index (κ2) is 5.56. The van der Waals surface area contributed by atoms with E-state index < -0.39 is 32.4 Å². The first kappa shape index (κ1) is 15.6. The molecule has 1 aromatic heterocycles. The summed E-state index contributed by atoms with van der Waals surface area (Å²) in [5.41, 5.74) is 10.8. The number of benzene rings is 1. The fourth-order valence-corrected chi connectivity index (χ4v) is 2.72. The Kier molecular flexibility index (Phi) is 3.95. The van der Waals surface area contributed by atoms with Gasteiger partial charge in [0.05, 0.1) is 22.3 Å². The van der Waals surface area contributed by atoms with Gasteiger partial charge in [0.2, 0.25) is 0 Å². The van der Waals surface area contributed by atoms with E-state index in [0.29, 0.717) is 18.2 Å². The third-order valence-electron chi connectivity index (χ3n) is 2.61. The van der Waals surface area contributed by atoms with Gasteiger partial charge in [-0.2, -0.15) is 0 Å². The SMILES string of the molecule is N=C(N)c1cc(NS(=O)(=O)c2cc(F)cc(F)c2)cnc1N. The minimum atomic E-state index is -4.24. The molecule has 0 aliphatic heterocycles. The summed E-state index contributed by atoms with van der Waals surface area (Å²) in [6, 6.07) is 3.08. The summed E-state index contributed by atoms with van der Waals surface area (Å²) < 4.78 is 52.5. The molecule has 22 heavy (non-hydrogen) atoms. The van der Waals surface area contributed by atoms with Gasteiger partial charge in [-0.1, -0.05) is 0 Å². The third-order valence-corrected chi connectivity index (χ3v) is 3.97. The van der Waals surface area contributed by atoms with Crippen molar-refractivity contribution in [3.05, 3.63) is 47.7 Å². The van der Waals surface area contributed by atoms with Gasteiger partial charge in [-0.05, 0) is 18.2 Å². The van der Waals surface area contributed by atoms with E-state index in [-0.39, 0.29) is 17.1 Å². The molecule has 0 saturated heterocycles. The van der Waals surface area contributed by atoms with E-state index in [2.05, 4.69) is 9.71 Å². The van der Waals surface area contributed by atoms with E-state index in [1.165, 1.54) is 6.07 Å². The van der Waals surface area contributed by atoms with Crippen molar-refractivity contribution < 1.29 is 17.2 Å². The van der Waals surface area contributed by atoms with Crippen molar-refractivity contribution in [2.24, 2.45) is 5.73 Å². The number of pyridine rings is 1. The number of hydrogen-bond acceptors (Lipinski definition) is 5. The first-order valence-electron chi connectivity index (χ1n) is 5.78. The third kappa shape index (κ3) is 3.28. The first-order valence-corrected chi connectivity index (χ1v) is 7.26. The van der Waals surface area contributed by atoms with Crippen LogP contribution in [0.2, 0.25) is 0 Å². The predicted octanol–water partition coefficient (Wildman–Crippen LogP) is 1.03. The average Bonchev–Trinajstić information content (AvgIpc) is 2.39. The monoisotopic (exact) mass is 327 g/mol. The van der Waals surface area contributed by atoms with Crippen molar-refractivity contribution in [2.45, 2.75) is 4.90 Å². The topological polar surface area (TPSA) is 135 Å². The van der Waals surface area contributed by atoms with Crippen molar-refractivity contribution in [3.8, 4) is 0 Å². The molecule has 0 aliphatic rings. The van der Waals surface area contributed by atoms with E-state index in [4.69, 9.17) is 16.9 Å². The summed E-state index contributed by atoms with van der Waals surface area (Å²) in [6.07, 6.45) is 1.09. The highest BCUT2D eigenvalue weighted by Crippen LogP contribution is 2.20. The number of nitrogen functional groups attached to an aromatic ring is 2. The van der Waals surface area contributed by atoms with E-state index in [1.54, 1.807) is 0 Å². The molecule has 0 saturated carbocycles. The molecule has 0 bridgehead atoms. The highest BCUT2D eigenvalue weighted by atomic mass is 32.2. The molecule has 0 radical (unpaired) electrons. The maximum atomic E-state index is 13.1. The summed E-state index contributed by atoms with van der Waals surface area (Å²) in [5, 5.41) is 7.31. The molecule has 1 aromatic carbocycles. The Hall–Kier alpha value is -2.75. The number of hydrogen-bond donors (Lipinski definition) is 4. The van der Waals surface area contributed by atoms with Crippen LogP contribution in [0.4, 0.5) is 20.3 Å². The molecule has 0 aliphatic carbocycles. The van der Waals surface area contributed by atoms with Crippen LogP contribution in [0.25, 0.3) is 0 Å². The summed E-state index contributed by atoms with van der Waals surface area (Å²) in [7, 11) is -4.24. The molecule has 116 valence electrons. The summed E-state index contributed by atoms with van der Waals surface area (Å²) in [5.74, 6) is -2.50. The van der Waals surface area contributed by atoms with E-state index >= 15 is 0 Å². The van der Waals surface area contributed by atoms with Crippen LogP contribution in [0.15, 0.2) is 35.4 Å². The molecule has 7 nitrogen and oxygen atoms in total. The quantitative estimate of drug-likeness (QED) is 0.491. The molecule has 0 spiro atoms. The van der Waals surface area contributed by atoms with Crippen LogP contribution in [-0.2, 0) is 10.0 Å². The molecular weight excluding hydrogens is 316 g/mol. The zero-order valence-corrected chi connectivity index (χ0v) is 11.8. The number of nitrogens with zero attached hydrogens (tertiary/aromatic N) is 1. The predicted molar refractivity (Wildman–Crippen MR) is 76.8 cm³/mol. The lowest BCUT2D eigenvalue weighted by Gasteiger charge is -2.10. The zero-order valence-electron chi connectivity index (χ0n) is 11.0. The average molecular weight is 327 g/mol. The van der Waals surface area contributed by atoms with E-state index in [0.717, 1.165) is 6.20 Å². The summed E-state index contributed by atoms with van der Waals surface area (Å²) >= 11 is 0. The first-order chi connectivity index (χ1) is 10.2.